The third-order valence-corrected chi connectivity index (χ3v) is 4.00. The summed E-state index contributed by atoms with van der Waals surface area (Å²) in [7, 11) is 0. The van der Waals surface area contributed by atoms with E-state index in [0.717, 1.165) is 38.0 Å². The summed E-state index contributed by atoms with van der Waals surface area (Å²) in [5, 5.41) is 0. The molecule has 0 aliphatic heterocycles. The zero-order chi connectivity index (χ0) is 12.0. The molecule has 2 nitrogen and oxygen atoms in total. The van der Waals surface area contributed by atoms with Crippen LogP contribution in [0.25, 0.3) is 0 Å². The van der Waals surface area contributed by atoms with E-state index in [2.05, 4.69) is 20.8 Å². The fourth-order valence-electron chi connectivity index (χ4n) is 2.72. The number of hydrogen-bond acceptors (Lipinski definition) is 2. The fraction of sp³-hybridized carbons (Fsp3) is 1.00. The van der Waals surface area contributed by atoms with E-state index in [0.29, 0.717) is 5.41 Å². The largest absolute Gasteiger partial charge is 0.381 e. The summed E-state index contributed by atoms with van der Waals surface area (Å²) in [6, 6.07) is 0. The Labute approximate surface area is 101 Å². The molecule has 0 spiro atoms. The average Bonchev–Trinajstić information content (AvgIpc) is 2.60. The molecule has 0 radical (unpaired) electrons. The van der Waals surface area contributed by atoms with Crippen LogP contribution < -0.4 is 5.73 Å². The highest BCUT2D eigenvalue weighted by Crippen LogP contribution is 2.43. The van der Waals surface area contributed by atoms with Crippen LogP contribution in [0.15, 0.2) is 0 Å². The molecule has 0 bridgehead atoms. The molecule has 0 amide bonds. The topological polar surface area (TPSA) is 35.2 Å². The lowest BCUT2D eigenvalue weighted by Crippen LogP contribution is -2.29. The number of hydrogen-bond donors (Lipinski definition) is 1. The SMILES string of the molecule is CC(C)CCOCCC1(CN)CCC(C)C1. The molecule has 0 aromatic rings. The second-order valence-electron chi connectivity index (χ2n) is 6.10. The van der Waals surface area contributed by atoms with Crippen LogP contribution in [0, 0.1) is 17.3 Å². The highest BCUT2D eigenvalue weighted by molar-refractivity contribution is 4.88. The Balaban J connectivity index is 2.15. The lowest BCUT2D eigenvalue weighted by atomic mass is 9.82. The van der Waals surface area contributed by atoms with Gasteiger partial charge in [0.25, 0.3) is 0 Å². The van der Waals surface area contributed by atoms with Crippen molar-refractivity contribution in [2.75, 3.05) is 19.8 Å². The van der Waals surface area contributed by atoms with Gasteiger partial charge in [0.15, 0.2) is 0 Å². The molecule has 16 heavy (non-hydrogen) atoms. The third-order valence-electron chi connectivity index (χ3n) is 4.00. The van der Waals surface area contributed by atoms with Gasteiger partial charge in [-0.2, -0.15) is 0 Å². The normalized spacial score (nSPS) is 30.2. The molecule has 2 atom stereocenters. The zero-order valence-electron chi connectivity index (χ0n) is 11.3. The summed E-state index contributed by atoms with van der Waals surface area (Å²) < 4.78 is 5.71. The molecule has 1 fully saturated rings. The second kappa shape index (κ2) is 6.61. The first kappa shape index (κ1) is 14.0. The first-order valence-corrected chi connectivity index (χ1v) is 6.86. The van der Waals surface area contributed by atoms with Crippen molar-refractivity contribution in [1.29, 1.82) is 0 Å². The van der Waals surface area contributed by atoms with E-state index in [1.807, 2.05) is 0 Å². The first-order chi connectivity index (χ1) is 7.58. The summed E-state index contributed by atoms with van der Waals surface area (Å²) >= 11 is 0. The van der Waals surface area contributed by atoms with Crippen molar-refractivity contribution in [2.24, 2.45) is 23.0 Å². The van der Waals surface area contributed by atoms with E-state index in [9.17, 15) is 0 Å². The van der Waals surface area contributed by atoms with Gasteiger partial charge in [-0.3, -0.25) is 0 Å². The Morgan fingerprint density at radius 3 is 2.62 bits per heavy atom. The number of rotatable bonds is 7. The molecule has 2 unspecified atom stereocenters. The Hall–Kier alpha value is -0.0800. The average molecular weight is 227 g/mol. The summed E-state index contributed by atoms with van der Waals surface area (Å²) in [4.78, 5) is 0. The Bertz CT molecular complexity index is 193. The zero-order valence-corrected chi connectivity index (χ0v) is 11.3. The minimum Gasteiger partial charge on any atom is -0.381 e. The quantitative estimate of drug-likeness (QED) is 0.678. The standard InChI is InChI=1S/C14H29NO/c1-12(2)5-8-16-9-7-14(11-15)6-4-13(3)10-14/h12-13H,4-11,15H2,1-3H3. The van der Waals surface area contributed by atoms with Crippen molar-refractivity contribution in [1.82, 2.24) is 0 Å². The predicted octanol–water partition coefficient (Wildman–Crippen LogP) is 3.20. The van der Waals surface area contributed by atoms with Crippen molar-refractivity contribution in [2.45, 2.75) is 52.9 Å². The predicted molar refractivity (Wildman–Crippen MR) is 69.4 cm³/mol. The van der Waals surface area contributed by atoms with Crippen LogP contribution in [-0.2, 0) is 4.74 Å². The molecule has 2 heteroatoms. The van der Waals surface area contributed by atoms with Gasteiger partial charge < -0.3 is 10.5 Å². The van der Waals surface area contributed by atoms with Gasteiger partial charge in [0, 0.05) is 13.2 Å². The van der Waals surface area contributed by atoms with Gasteiger partial charge in [-0.1, -0.05) is 27.2 Å². The molecule has 1 aliphatic carbocycles. The van der Waals surface area contributed by atoms with Gasteiger partial charge in [-0.05, 0) is 49.5 Å². The minimum atomic E-state index is 0.400. The van der Waals surface area contributed by atoms with Crippen molar-refractivity contribution < 1.29 is 4.74 Å². The maximum Gasteiger partial charge on any atom is 0.0471 e. The van der Waals surface area contributed by atoms with E-state index in [-0.39, 0.29) is 0 Å². The summed E-state index contributed by atoms with van der Waals surface area (Å²) in [6.45, 7) is 9.47. The molecule has 0 aromatic heterocycles. The Kier molecular flexibility index (Phi) is 5.77. The lowest BCUT2D eigenvalue weighted by Gasteiger charge is -2.27. The maximum atomic E-state index is 5.94. The lowest BCUT2D eigenvalue weighted by molar-refractivity contribution is 0.0887. The van der Waals surface area contributed by atoms with Crippen LogP contribution in [0.4, 0.5) is 0 Å². The van der Waals surface area contributed by atoms with E-state index in [4.69, 9.17) is 10.5 Å². The van der Waals surface area contributed by atoms with Crippen molar-refractivity contribution in [3.8, 4) is 0 Å². The number of ether oxygens (including phenoxy) is 1. The molecule has 0 heterocycles. The summed E-state index contributed by atoms with van der Waals surface area (Å²) in [6.07, 6.45) is 6.29. The monoisotopic (exact) mass is 227 g/mol. The smallest absolute Gasteiger partial charge is 0.0471 e. The Morgan fingerprint density at radius 2 is 2.12 bits per heavy atom. The van der Waals surface area contributed by atoms with Gasteiger partial charge in [-0.25, -0.2) is 0 Å². The van der Waals surface area contributed by atoms with Gasteiger partial charge in [-0.15, -0.1) is 0 Å². The summed E-state index contributed by atoms with van der Waals surface area (Å²) in [5.74, 6) is 1.61. The van der Waals surface area contributed by atoms with Crippen LogP contribution in [0.1, 0.15) is 52.9 Å². The molecule has 1 rings (SSSR count). The van der Waals surface area contributed by atoms with Crippen molar-refractivity contribution in [3.63, 3.8) is 0 Å². The summed E-state index contributed by atoms with van der Waals surface area (Å²) in [5.41, 5.74) is 6.34. The van der Waals surface area contributed by atoms with Gasteiger partial charge in [0.2, 0.25) is 0 Å². The molecule has 1 aliphatic rings. The van der Waals surface area contributed by atoms with E-state index in [1.54, 1.807) is 0 Å². The molecule has 0 aromatic carbocycles. The second-order valence-corrected chi connectivity index (χ2v) is 6.10. The van der Waals surface area contributed by atoms with E-state index < -0.39 is 0 Å². The highest BCUT2D eigenvalue weighted by atomic mass is 16.5. The fourth-order valence-corrected chi connectivity index (χ4v) is 2.72. The van der Waals surface area contributed by atoms with Crippen LogP contribution >= 0.6 is 0 Å². The third kappa shape index (κ3) is 4.42. The molecule has 1 saturated carbocycles. The van der Waals surface area contributed by atoms with Crippen LogP contribution in [0.5, 0.6) is 0 Å². The van der Waals surface area contributed by atoms with Crippen molar-refractivity contribution in [3.05, 3.63) is 0 Å². The molecular weight excluding hydrogens is 198 g/mol. The van der Waals surface area contributed by atoms with Crippen molar-refractivity contribution >= 4 is 0 Å². The minimum absolute atomic E-state index is 0.400. The first-order valence-electron chi connectivity index (χ1n) is 6.86. The highest BCUT2D eigenvalue weighted by Gasteiger charge is 2.35. The van der Waals surface area contributed by atoms with Gasteiger partial charge in [0.05, 0.1) is 0 Å². The van der Waals surface area contributed by atoms with E-state index >= 15 is 0 Å². The van der Waals surface area contributed by atoms with Crippen LogP contribution in [-0.4, -0.2) is 19.8 Å². The van der Waals surface area contributed by atoms with E-state index in [1.165, 1.54) is 25.7 Å². The van der Waals surface area contributed by atoms with Gasteiger partial charge >= 0.3 is 0 Å². The molecule has 0 saturated heterocycles. The molecule has 96 valence electrons. The van der Waals surface area contributed by atoms with Crippen LogP contribution in [0.3, 0.4) is 0 Å². The Morgan fingerprint density at radius 1 is 1.38 bits per heavy atom. The molecular formula is C14H29NO. The maximum absolute atomic E-state index is 5.94. The molecule has 2 N–H and O–H groups in total. The van der Waals surface area contributed by atoms with Gasteiger partial charge in [0.1, 0.15) is 0 Å². The van der Waals surface area contributed by atoms with Crippen LogP contribution in [0.2, 0.25) is 0 Å². The number of nitrogens with two attached hydrogens (primary N) is 1.